The molecule has 21 heavy (non-hydrogen) atoms. The fourth-order valence-corrected chi connectivity index (χ4v) is 1.96. The van der Waals surface area contributed by atoms with Gasteiger partial charge in [0.2, 0.25) is 6.04 Å². The summed E-state index contributed by atoms with van der Waals surface area (Å²) in [5.74, 6) is -0.139. The van der Waals surface area contributed by atoms with Gasteiger partial charge < -0.3 is 5.32 Å². The second-order valence-electron chi connectivity index (χ2n) is 5.13. The lowest BCUT2D eigenvalue weighted by atomic mass is 10.2. The molecule has 0 aliphatic heterocycles. The molecule has 4 heteroatoms. The number of rotatable bonds is 4. The van der Waals surface area contributed by atoms with Crippen LogP contribution in [0.1, 0.15) is 35.8 Å². The number of benzene rings is 1. The third kappa shape index (κ3) is 3.75. The minimum Gasteiger partial charge on any atom is -0.320 e. The summed E-state index contributed by atoms with van der Waals surface area (Å²) in [7, 11) is 0. The van der Waals surface area contributed by atoms with Crippen molar-refractivity contribution in [3.8, 4) is 0 Å². The number of Topliss-reactive ketones (excluding diaryl/α,β-unsaturated/α-hetero) is 1. The van der Waals surface area contributed by atoms with Crippen LogP contribution in [0.3, 0.4) is 0 Å². The fraction of sp³-hybridized carbons (Fsp3) is 0.235. The van der Waals surface area contributed by atoms with Gasteiger partial charge in [0.1, 0.15) is 0 Å². The van der Waals surface area contributed by atoms with Crippen molar-refractivity contribution in [2.45, 2.75) is 26.8 Å². The molecule has 0 fully saturated rings. The minimum absolute atomic E-state index is 0.0181. The molecule has 0 radical (unpaired) electrons. The molecule has 1 amide bonds. The van der Waals surface area contributed by atoms with E-state index in [0.29, 0.717) is 5.56 Å². The van der Waals surface area contributed by atoms with E-state index in [9.17, 15) is 9.59 Å². The molecule has 0 spiro atoms. The van der Waals surface area contributed by atoms with Crippen LogP contribution in [0, 0.1) is 6.92 Å². The number of aromatic nitrogens is 1. The SMILES string of the molecule is CC(=O)c1ccc[n+]([C@H](C)C(=O)Nc2ccc(C)cc2)c1. The van der Waals surface area contributed by atoms with Crippen molar-refractivity contribution < 1.29 is 14.2 Å². The highest BCUT2D eigenvalue weighted by Gasteiger charge is 2.22. The highest BCUT2D eigenvalue weighted by atomic mass is 16.2. The van der Waals surface area contributed by atoms with Gasteiger partial charge in [-0.25, -0.2) is 0 Å². The molecule has 0 aliphatic carbocycles. The van der Waals surface area contributed by atoms with E-state index >= 15 is 0 Å². The van der Waals surface area contributed by atoms with Gasteiger partial charge in [0.05, 0.1) is 5.56 Å². The molecule has 1 aromatic carbocycles. The second kappa shape index (κ2) is 6.31. The largest absolute Gasteiger partial charge is 0.320 e. The summed E-state index contributed by atoms with van der Waals surface area (Å²) in [6, 6.07) is 10.8. The summed E-state index contributed by atoms with van der Waals surface area (Å²) in [6.07, 6.45) is 3.48. The Bertz CT molecular complexity index is 663. The van der Waals surface area contributed by atoms with Crippen LogP contribution < -0.4 is 9.88 Å². The highest BCUT2D eigenvalue weighted by molar-refractivity contribution is 5.94. The molecule has 1 atom stereocenters. The summed E-state index contributed by atoms with van der Waals surface area (Å²) in [5.41, 5.74) is 2.50. The topological polar surface area (TPSA) is 50.0 Å². The summed E-state index contributed by atoms with van der Waals surface area (Å²) >= 11 is 0. The van der Waals surface area contributed by atoms with Crippen LogP contribution >= 0.6 is 0 Å². The van der Waals surface area contributed by atoms with Gasteiger partial charge in [0.15, 0.2) is 18.2 Å². The number of nitrogens with one attached hydrogen (secondary N) is 1. The molecule has 1 N–H and O–H groups in total. The van der Waals surface area contributed by atoms with Crippen molar-refractivity contribution in [3.63, 3.8) is 0 Å². The first-order valence-electron chi connectivity index (χ1n) is 6.86. The van der Waals surface area contributed by atoms with Crippen molar-refractivity contribution in [1.29, 1.82) is 0 Å². The smallest absolute Gasteiger partial charge is 0.293 e. The maximum Gasteiger partial charge on any atom is 0.293 e. The van der Waals surface area contributed by atoms with E-state index in [-0.39, 0.29) is 11.7 Å². The molecule has 2 rings (SSSR count). The predicted octanol–water partition coefficient (Wildman–Crippen LogP) is 2.68. The number of pyridine rings is 1. The first-order valence-corrected chi connectivity index (χ1v) is 6.86. The van der Waals surface area contributed by atoms with Gasteiger partial charge in [-0.2, -0.15) is 4.57 Å². The van der Waals surface area contributed by atoms with E-state index in [2.05, 4.69) is 5.32 Å². The van der Waals surface area contributed by atoms with Gasteiger partial charge in [0.25, 0.3) is 5.91 Å². The number of nitrogens with zero attached hydrogens (tertiary/aromatic N) is 1. The minimum atomic E-state index is -0.398. The number of carbonyl (C=O) groups excluding carboxylic acids is 2. The van der Waals surface area contributed by atoms with Gasteiger partial charge in [-0.3, -0.25) is 9.59 Å². The van der Waals surface area contributed by atoms with Crippen LogP contribution in [-0.2, 0) is 4.79 Å². The normalized spacial score (nSPS) is 11.8. The molecule has 0 bridgehead atoms. The van der Waals surface area contributed by atoms with E-state index in [0.717, 1.165) is 11.3 Å². The molecule has 1 heterocycles. The summed E-state index contributed by atoms with van der Waals surface area (Å²) in [6.45, 7) is 5.31. The van der Waals surface area contributed by atoms with Crippen molar-refractivity contribution in [2.75, 3.05) is 5.32 Å². The summed E-state index contributed by atoms with van der Waals surface area (Å²) in [5, 5.41) is 2.87. The second-order valence-corrected chi connectivity index (χ2v) is 5.13. The van der Waals surface area contributed by atoms with Crippen molar-refractivity contribution >= 4 is 17.4 Å². The molecule has 0 unspecified atom stereocenters. The highest BCUT2D eigenvalue weighted by Crippen LogP contribution is 2.10. The maximum absolute atomic E-state index is 12.3. The Morgan fingerprint density at radius 3 is 2.43 bits per heavy atom. The van der Waals surface area contributed by atoms with Gasteiger partial charge in [0, 0.05) is 18.7 Å². The predicted molar refractivity (Wildman–Crippen MR) is 81.2 cm³/mol. The monoisotopic (exact) mass is 283 g/mol. The van der Waals surface area contributed by atoms with E-state index in [1.54, 1.807) is 36.0 Å². The Hall–Kier alpha value is -2.49. The first-order chi connectivity index (χ1) is 9.97. The average Bonchev–Trinajstić information content (AvgIpc) is 2.49. The number of amides is 1. The van der Waals surface area contributed by atoms with Gasteiger partial charge in [-0.15, -0.1) is 0 Å². The van der Waals surface area contributed by atoms with E-state index in [1.807, 2.05) is 31.2 Å². The molecule has 108 valence electrons. The Balaban J connectivity index is 2.13. The summed E-state index contributed by atoms with van der Waals surface area (Å²) < 4.78 is 1.74. The maximum atomic E-state index is 12.3. The lowest BCUT2D eigenvalue weighted by molar-refractivity contribution is -0.705. The number of anilines is 1. The molecular formula is C17H19N2O2+. The zero-order valence-electron chi connectivity index (χ0n) is 12.5. The Morgan fingerprint density at radius 2 is 1.81 bits per heavy atom. The lowest BCUT2D eigenvalue weighted by Gasteiger charge is -2.09. The number of carbonyl (C=O) groups is 2. The van der Waals surface area contributed by atoms with Crippen molar-refractivity contribution in [1.82, 2.24) is 0 Å². The van der Waals surface area contributed by atoms with Crippen molar-refractivity contribution in [3.05, 3.63) is 59.9 Å². The van der Waals surface area contributed by atoms with Crippen LogP contribution in [0.25, 0.3) is 0 Å². The third-order valence-corrected chi connectivity index (χ3v) is 3.37. The Kier molecular flexibility index (Phi) is 4.48. The van der Waals surface area contributed by atoms with Crippen molar-refractivity contribution in [2.24, 2.45) is 0 Å². The lowest BCUT2D eigenvalue weighted by Crippen LogP contribution is -2.44. The number of ketones is 1. The van der Waals surface area contributed by atoms with Gasteiger partial charge in [-0.05, 0) is 32.0 Å². The zero-order valence-corrected chi connectivity index (χ0v) is 12.5. The number of aryl methyl sites for hydroxylation is 1. The summed E-state index contributed by atoms with van der Waals surface area (Å²) in [4.78, 5) is 23.7. The molecule has 0 saturated heterocycles. The Labute approximate surface area is 124 Å². The van der Waals surface area contributed by atoms with Crippen LogP contribution in [0.15, 0.2) is 48.8 Å². The standard InChI is InChI=1S/C17H18N2O2/c1-12-6-8-16(9-7-12)18-17(21)13(2)19-10-4-5-15(11-19)14(3)20/h4-11,13H,1-3H3/p+1/t13-/m1/s1. The van der Waals surface area contributed by atoms with E-state index < -0.39 is 6.04 Å². The Morgan fingerprint density at radius 1 is 1.14 bits per heavy atom. The van der Waals surface area contributed by atoms with Crippen LogP contribution in [0.2, 0.25) is 0 Å². The fourth-order valence-electron chi connectivity index (χ4n) is 1.96. The average molecular weight is 283 g/mol. The van der Waals surface area contributed by atoms with Gasteiger partial charge in [-0.1, -0.05) is 17.7 Å². The molecule has 4 nitrogen and oxygen atoms in total. The van der Waals surface area contributed by atoms with Crippen LogP contribution in [0.4, 0.5) is 5.69 Å². The van der Waals surface area contributed by atoms with E-state index in [4.69, 9.17) is 0 Å². The molecule has 0 aliphatic rings. The molecule has 2 aromatic rings. The quantitative estimate of drug-likeness (QED) is 0.693. The number of hydrogen-bond acceptors (Lipinski definition) is 2. The molecule has 1 aromatic heterocycles. The van der Waals surface area contributed by atoms with Crippen LogP contribution in [-0.4, -0.2) is 11.7 Å². The van der Waals surface area contributed by atoms with Gasteiger partial charge >= 0.3 is 0 Å². The third-order valence-electron chi connectivity index (χ3n) is 3.37. The molecule has 0 saturated carbocycles. The van der Waals surface area contributed by atoms with Crippen LogP contribution in [0.5, 0.6) is 0 Å². The first kappa shape index (κ1) is 14.9. The number of hydrogen-bond donors (Lipinski definition) is 1. The zero-order chi connectivity index (χ0) is 15.4. The van der Waals surface area contributed by atoms with E-state index in [1.165, 1.54) is 6.92 Å². The molecular weight excluding hydrogens is 264 g/mol.